The maximum Gasteiger partial charge on any atom is 0.416 e. The molecule has 4 aromatic rings. The minimum atomic E-state index is -4.46. The second kappa shape index (κ2) is 12.5. The number of aromatic amines is 1. The first-order valence-corrected chi connectivity index (χ1v) is 15.7. The molecule has 7 nitrogen and oxygen atoms in total. The van der Waals surface area contributed by atoms with Crippen molar-refractivity contribution < 1.29 is 27.5 Å². The van der Waals surface area contributed by atoms with Gasteiger partial charge in [0.2, 0.25) is 11.8 Å². The van der Waals surface area contributed by atoms with Gasteiger partial charge in [0, 0.05) is 54.0 Å². The number of nitrogens with one attached hydrogen (secondary N) is 2. The lowest BCUT2D eigenvalue weighted by Crippen LogP contribution is -2.38. The normalized spacial score (nSPS) is 19.2. The van der Waals surface area contributed by atoms with E-state index in [1.807, 2.05) is 42.5 Å². The number of anilines is 2. The molecule has 3 aromatic carbocycles. The summed E-state index contributed by atoms with van der Waals surface area (Å²) in [6.07, 6.45) is -4.24. The zero-order valence-electron chi connectivity index (χ0n) is 26.3. The summed E-state index contributed by atoms with van der Waals surface area (Å²) in [4.78, 5) is 34.3. The molecule has 1 aromatic heterocycles. The fraction of sp³-hybridized carbons (Fsp3) is 0.389. The summed E-state index contributed by atoms with van der Waals surface area (Å²) in [5.74, 6) is -0.391. The first-order valence-electron chi connectivity index (χ1n) is 15.7. The van der Waals surface area contributed by atoms with Gasteiger partial charge in [0.1, 0.15) is 6.54 Å². The van der Waals surface area contributed by atoms with Crippen molar-refractivity contribution in [3.8, 4) is 0 Å². The molecule has 1 aliphatic carbocycles. The maximum absolute atomic E-state index is 13.9. The molecule has 1 aliphatic heterocycles. The van der Waals surface area contributed by atoms with E-state index in [1.54, 1.807) is 0 Å². The molecule has 0 radical (unpaired) electrons. The van der Waals surface area contributed by atoms with E-state index in [1.165, 1.54) is 22.6 Å². The number of halogens is 3. The predicted octanol–water partition coefficient (Wildman–Crippen LogP) is 7.13. The summed E-state index contributed by atoms with van der Waals surface area (Å²) in [5.41, 5.74) is 4.60. The summed E-state index contributed by atoms with van der Waals surface area (Å²) in [5, 5.41) is 4.03. The van der Waals surface area contributed by atoms with Crippen molar-refractivity contribution in [2.75, 3.05) is 43.1 Å². The van der Waals surface area contributed by atoms with Gasteiger partial charge in [-0.1, -0.05) is 44.2 Å². The molecule has 2 heterocycles. The highest BCUT2D eigenvalue weighted by atomic mass is 19.4. The Morgan fingerprint density at radius 3 is 2.35 bits per heavy atom. The van der Waals surface area contributed by atoms with Gasteiger partial charge < -0.3 is 24.8 Å². The van der Waals surface area contributed by atoms with Gasteiger partial charge in [0.15, 0.2) is 0 Å². The number of carbonyl (C=O) groups is 2. The zero-order valence-corrected chi connectivity index (χ0v) is 26.3. The van der Waals surface area contributed by atoms with Crippen LogP contribution in [0.3, 0.4) is 0 Å². The third kappa shape index (κ3) is 6.63. The lowest BCUT2D eigenvalue weighted by molar-refractivity contribution is -0.137. The molecule has 2 fully saturated rings. The average molecular weight is 633 g/mol. The Kier molecular flexibility index (Phi) is 8.58. The van der Waals surface area contributed by atoms with Gasteiger partial charge in [0.05, 0.1) is 18.8 Å². The number of morpholine rings is 1. The number of fused-ring (bicyclic) bond motifs is 1. The van der Waals surface area contributed by atoms with Crippen LogP contribution in [0.25, 0.3) is 10.9 Å². The van der Waals surface area contributed by atoms with Crippen LogP contribution >= 0.6 is 0 Å². The van der Waals surface area contributed by atoms with Gasteiger partial charge in [0.25, 0.3) is 0 Å². The third-order valence-electron chi connectivity index (χ3n) is 9.57. The number of nitrogens with zero attached hydrogens (tertiary/aromatic N) is 2. The molecule has 242 valence electrons. The van der Waals surface area contributed by atoms with Crippen LogP contribution in [0.1, 0.15) is 48.6 Å². The summed E-state index contributed by atoms with van der Waals surface area (Å²) >= 11 is 0. The number of amides is 2. The zero-order chi connectivity index (χ0) is 32.6. The number of aromatic nitrogens is 1. The molecule has 2 aliphatic rings. The lowest BCUT2D eigenvalue weighted by Gasteiger charge is -2.29. The van der Waals surface area contributed by atoms with Crippen molar-refractivity contribution >= 4 is 34.1 Å². The Labute approximate surface area is 266 Å². The van der Waals surface area contributed by atoms with E-state index in [4.69, 9.17) is 4.74 Å². The summed E-state index contributed by atoms with van der Waals surface area (Å²) in [6.45, 7) is 9.09. The third-order valence-corrected chi connectivity index (χ3v) is 9.57. The molecule has 0 unspecified atom stereocenters. The van der Waals surface area contributed by atoms with Crippen molar-refractivity contribution in [1.29, 1.82) is 0 Å². The largest absolute Gasteiger partial charge is 0.416 e. The highest BCUT2D eigenvalue weighted by Crippen LogP contribution is 2.67. The van der Waals surface area contributed by atoms with Gasteiger partial charge in [-0.05, 0) is 77.8 Å². The van der Waals surface area contributed by atoms with Crippen LogP contribution < -0.4 is 10.2 Å². The van der Waals surface area contributed by atoms with E-state index in [2.05, 4.69) is 42.0 Å². The van der Waals surface area contributed by atoms with Crippen molar-refractivity contribution in [1.82, 2.24) is 9.88 Å². The van der Waals surface area contributed by atoms with Crippen LogP contribution in [-0.4, -0.2) is 54.5 Å². The van der Waals surface area contributed by atoms with E-state index in [-0.39, 0.29) is 48.6 Å². The maximum atomic E-state index is 13.9. The second-order valence-corrected chi connectivity index (χ2v) is 13.0. The number of hydrogen-bond acceptors (Lipinski definition) is 4. The van der Waals surface area contributed by atoms with Gasteiger partial charge in [-0.15, -0.1) is 0 Å². The molecule has 0 spiro atoms. The smallest absolute Gasteiger partial charge is 0.378 e. The number of para-hydroxylation sites is 1. The Bertz CT molecular complexity index is 1710. The fourth-order valence-corrected chi connectivity index (χ4v) is 6.92. The molecule has 2 N–H and O–H groups in total. The minimum Gasteiger partial charge on any atom is -0.378 e. The van der Waals surface area contributed by atoms with Crippen LogP contribution in [0.15, 0.2) is 72.8 Å². The van der Waals surface area contributed by atoms with E-state index in [0.717, 1.165) is 47.5 Å². The van der Waals surface area contributed by atoms with Crippen LogP contribution in [-0.2, 0) is 27.0 Å². The Morgan fingerprint density at radius 2 is 1.67 bits per heavy atom. The van der Waals surface area contributed by atoms with Gasteiger partial charge in [-0.2, -0.15) is 13.2 Å². The quantitative estimate of drug-likeness (QED) is 0.206. The monoisotopic (exact) mass is 632 g/mol. The number of ether oxygens (including phenoxy) is 1. The average Bonchev–Trinajstić information content (AvgIpc) is 3.37. The predicted molar refractivity (Wildman–Crippen MR) is 173 cm³/mol. The Hall–Kier alpha value is -4.31. The minimum absolute atomic E-state index is 0.0181. The van der Waals surface area contributed by atoms with Crippen LogP contribution in [0, 0.1) is 18.3 Å². The van der Waals surface area contributed by atoms with E-state index in [9.17, 15) is 22.8 Å². The highest BCUT2D eigenvalue weighted by molar-refractivity contribution is 5.95. The topological polar surface area (TPSA) is 77.7 Å². The number of benzene rings is 3. The molecule has 2 amide bonds. The number of H-pyrrole nitrogens is 1. The molecule has 1 saturated heterocycles. The fourth-order valence-electron chi connectivity index (χ4n) is 6.92. The number of aryl methyl sites for hydroxylation is 1. The molecule has 10 heteroatoms. The van der Waals surface area contributed by atoms with Gasteiger partial charge in [-0.25, -0.2) is 0 Å². The molecule has 6 rings (SSSR count). The first-order chi connectivity index (χ1) is 21.9. The van der Waals surface area contributed by atoms with E-state index < -0.39 is 11.7 Å². The molecule has 1 saturated carbocycles. The first kappa shape index (κ1) is 31.7. The Morgan fingerprint density at radius 1 is 1.00 bits per heavy atom. The van der Waals surface area contributed by atoms with Crippen molar-refractivity contribution in [2.45, 2.75) is 45.8 Å². The summed E-state index contributed by atoms with van der Waals surface area (Å²) in [6, 6.07) is 20.4. The number of alkyl halides is 3. The van der Waals surface area contributed by atoms with Crippen LogP contribution in [0.2, 0.25) is 0 Å². The molecule has 2 atom stereocenters. The number of hydrogen-bond donors (Lipinski definition) is 2. The van der Waals surface area contributed by atoms with Crippen LogP contribution in [0.4, 0.5) is 24.5 Å². The number of rotatable bonds is 9. The van der Waals surface area contributed by atoms with Gasteiger partial charge in [-0.3, -0.25) is 9.59 Å². The van der Waals surface area contributed by atoms with Crippen LogP contribution in [0.5, 0.6) is 0 Å². The molecule has 46 heavy (non-hydrogen) atoms. The SMILES string of the molecule is Cc1[nH]c2ccccc2c1[C@@H]1[C@@H](CC(=O)N(CC(=O)Nc2ccc(N3CCOCC3)cc2)Cc2ccc(C(F)(F)F)cc2)C1(C)C. The lowest BCUT2D eigenvalue weighted by atomic mass is 10.0. The standard InChI is InChI=1S/C36H39F3N4O3/c1-23-33(28-6-4-5-7-30(28)40-23)34-29(35(34,2)3)20-32(45)43(21-24-8-10-25(11-9-24)36(37,38)39)22-31(44)41-26-12-14-27(15-13-26)42-16-18-46-19-17-42/h4-15,29,34,40H,16-22H2,1-3H3,(H,41,44)/t29-,34+/m1/s1. The highest BCUT2D eigenvalue weighted by Gasteiger charge is 2.59. The van der Waals surface area contributed by atoms with Crippen molar-refractivity contribution in [2.24, 2.45) is 11.3 Å². The molecule has 0 bridgehead atoms. The Balaban J connectivity index is 1.18. The second-order valence-electron chi connectivity index (χ2n) is 13.0. The molecular formula is C36H39F3N4O3. The van der Waals surface area contributed by atoms with Crippen molar-refractivity contribution in [3.63, 3.8) is 0 Å². The summed E-state index contributed by atoms with van der Waals surface area (Å²) < 4.78 is 45.0. The molecular weight excluding hydrogens is 593 g/mol. The van der Waals surface area contributed by atoms with Gasteiger partial charge >= 0.3 is 6.18 Å². The summed E-state index contributed by atoms with van der Waals surface area (Å²) in [7, 11) is 0. The van der Waals surface area contributed by atoms with Crippen molar-refractivity contribution in [3.05, 3.63) is 95.2 Å². The van der Waals surface area contributed by atoms with E-state index in [0.29, 0.717) is 24.5 Å². The number of carbonyl (C=O) groups excluding carboxylic acids is 2. The van der Waals surface area contributed by atoms with E-state index >= 15 is 0 Å².